The average Bonchev–Trinajstić information content (AvgIpc) is 2.30. The Morgan fingerprint density at radius 2 is 2.06 bits per heavy atom. The molecule has 1 aliphatic rings. The topological polar surface area (TPSA) is 49.8 Å². The molecule has 0 radical (unpaired) electrons. The smallest absolute Gasteiger partial charge is 0.224 e. The van der Waals surface area contributed by atoms with E-state index in [0.717, 1.165) is 43.9 Å². The van der Waals surface area contributed by atoms with Crippen molar-refractivity contribution >= 4 is 17.4 Å². The van der Waals surface area contributed by atoms with Crippen LogP contribution in [0.5, 0.6) is 0 Å². The molecule has 2 N–H and O–H groups in total. The Kier molecular flexibility index (Phi) is 4.18. The van der Waals surface area contributed by atoms with Gasteiger partial charge in [0.2, 0.25) is 5.28 Å². The summed E-state index contributed by atoms with van der Waals surface area (Å²) in [6.45, 7) is 6.24. The minimum Gasteiger partial charge on any atom is -0.367 e. The van der Waals surface area contributed by atoms with Crippen LogP contribution in [0.25, 0.3) is 0 Å². The van der Waals surface area contributed by atoms with E-state index in [0.29, 0.717) is 11.3 Å². The summed E-state index contributed by atoms with van der Waals surface area (Å²) >= 11 is 5.92. The lowest BCUT2D eigenvalue weighted by molar-refractivity contribution is 0.478. The van der Waals surface area contributed by atoms with Gasteiger partial charge in [0.25, 0.3) is 0 Å². The molecule has 0 aromatic carbocycles. The van der Waals surface area contributed by atoms with E-state index in [2.05, 4.69) is 27.5 Å². The number of piperidine rings is 1. The lowest BCUT2D eigenvalue weighted by Crippen LogP contribution is -2.35. The highest BCUT2D eigenvalue weighted by molar-refractivity contribution is 6.28. The lowest BCUT2D eigenvalue weighted by Gasteiger charge is -2.25. The van der Waals surface area contributed by atoms with Crippen molar-refractivity contribution in [2.75, 3.05) is 18.4 Å². The molecule has 0 bridgehead atoms. The number of anilines is 1. The molecule has 94 valence electrons. The van der Waals surface area contributed by atoms with Crippen molar-refractivity contribution in [1.82, 2.24) is 15.3 Å². The van der Waals surface area contributed by atoms with Gasteiger partial charge in [-0.1, -0.05) is 6.92 Å². The number of aryl methyl sites for hydroxylation is 1. The van der Waals surface area contributed by atoms with E-state index >= 15 is 0 Å². The normalized spacial score (nSPS) is 17.1. The van der Waals surface area contributed by atoms with Gasteiger partial charge >= 0.3 is 0 Å². The molecule has 0 unspecified atom stereocenters. The van der Waals surface area contributed by atoms with Crippen molar-refractivity contribution in [3.63, 3.8) is 0 Å². The zero-order chi connectivity index (χ0) is 12.3. The number of halogens is 1. The molecule has 5 heteroatoms. The van der Waals surface area contributed by atoms with Crippen LogP contribution in [0.15, 0.2) is 0 Å². The summed E-state index contributed by atoms with van der Waals surface area (Å²) in [6.07, 6.45) is 3.18. The number of nitrogens with zero attached hydrogens (tertiary/aromatic N) is 2. The summed E-state index contributed by atoms with van der Waals surface area (Å²) in [5, 5.41) is 7.19. The highest BCUT2D eigenvalue weighted by Gasteiger charge is 2.16. The first kappa shape index (κ1) is 12.6. The molecule has 1 saturated heterocycles. The third-order valence-electron chi connectivity index (χ3n) is 3.22. The molecular weight excluding hydrogens is 236 g/mol. The van der Waals surface area contributed by atoms with Gasteiger partial charge in [-0.25, -0.2) is 9.97 Å². The molecule has 1 fully saturated rings. The molecule has 17 heavy (non-hydrogen) atoms. The highest BCUT2D eigenvalue weighted by Crippen LogP contribution is 2.21. The summed E-state index contributed by atoms with van der Waals surface area (Å²) in [5.74, 6) is 0.914. The summed E-state index contributed by atoms with van der Waals surface area (Å²) in [6, 6.07) is 0.493. The lowest BCUT2D eigenvalue weighted by atomic mass is 10.1. The molecule has 0 spiro atoms. The number of hydrogen-bond donors (Lipinski definition) is 2. The van der Waals surface area contributed by atoms with Gasteiger partial charge in [0.05, 0.1) is 0 Å². The van der Waals surface area contributed by atoms with Crippen molar-refractivity contribution in [2.24, 2.45) is 0 Å². The minimum atomic E-state index is 0.330. The van der Waals surface area contributed by atoms with E-state index in [9.17, 15) is 0 Å². The maximum absolute atomic E-state index is 5.92. The van der Waals surface area contributed by atoms with Gasteiger partial charge in [-0.2, -0.15) is 0 Å². The fraction of sp³-hybridized carbons (Fsp3) is 0.667. The van der Waals surface area contributed by atoms with E-state index in [1.807, 2.05) is 6.92 Å². The molecule has 4 nitrogen and oxygen atoms in total. The summed E-state index contributed by atoms with van der Waals surface area (Å²) in [5.41, 5.74) is 2.15. The van der Waals surface area contributed by atoms with Crippen molar-refractivity contribution in [1.29, 1.82) is 0 Å². The first-order valence-electron chi connectivity index (χ1n) is 6.21. The van der Waals surface area contributed by atoms with Gasteiger partial charge in [0.1, 0.15) is 5.82 Å². The Labute approximate surface area is 107 Å². The van der Waals surface area contributed by atoms with Gasteiger partial charge in [0, 0.05) is 17.3 Å². The molecule has 0 saturated carbocycles. The average molecular weight is 255 g/mol. The molecule has 0 amide bonds. The largest absolute Gasteiger partial charge is 0.367 e. The Hall–Kier alpha value is -0.870. The first-order chi connectivity index (χ1) is 8.20. The second-order valence-corrected chi connectivity index (χ2v) is 4.77. The summed E-state index contributed by atoms with van der Waals surface area (Å²) in [7, 11) is 0. The van der Waals surface area contributed by atoms with E-state index in [1.165, 1.54) is 5.56 Å². The zero-order valence-corrected chi connectivity index (χ0v) is 11.1. The van der Waals surface area contributed by atoms with E-state index in [-0.39, 0.29) is 0 Å². The van der Waals surface area contributed by atoms with Crippen LogP contribution in [0.1, 0.15) is 31.0 Å². The number of aromatic nitrogens is 2. The quantitative estimate of drug-likeness (QED) is 0.812. The first-order valence-corrected chi connectivity index (χ1v) is 6.58. The van der Waals surface area contributed by atoms with E-state index in [4.69, 9.17) is 11.6 Å². The van der Waals surface area contributed by atoms with Crippen LogP contribution >= 0.6 is 11.6 Å². The predicted octanol–water partition coefficient (Wildman–Crippen LogP) is 2.16. The number of nitrogens with one attached hydrogen (secondary N) is 2. The van der Waals surface area contributed by atoms with E-state index < -0.39 is 0 Å². The Bertz CT molecular complexity index is 388. The Balaban J connectivity index is 2.18. The van der Waals surface area contributed by atoms with Gasteiger partial charge < -0.3 is 10.6 Å². The maximum atomic E-state index is 5.92. The second-order valence-electron chi connectivity index (χ2n) is 4.43. The van der Waals surface area contributed by atoms with E-state index in [1.54, 1.807) is 0 Å². The molecule has 1 aliphatic heterocycles. The standard InChI is InChI=1S/C12H19ClN4/c1-3-10-8(2)15-12(13)17-11(10)16-9-4-6-14-7-5-9/h9,14H,3-7H2,1-2H3,(H,15,16,17). The molecule has 0 atom stereocenters. The zero-order valence-electron chi connectivity index (χ0n) is 10.4. The van der Waals surface area contributed by atoms with Crippen molar-refractivity contribution < 1.29 is 0 Å². The third-order valence-corrected chi connectivity index (χ3v) is 3.39. The van der Waals surface area contributed by atoms with Crippen LogP contribution in [0.3, 0.4) is 0 Å². The van der Waals surface area contributed by atoms with Crippen LogP contribution in [-0.2, 0) is 6.42 Å². The SMILES string of the molecule is CCc1c(C)nc(Cl)nc1NC1CCNCC1. The van der Waals surface area contributed by atoms with Crippen LogP contribution in [0, 0.1) is 6.92 Å². The van der Waals surface area contributed by atoms with Gasteiger partial charge in [-0.3, -0.25) is 0 Å². The second kappa shape index (κ2) is 5.65. The molecular formula is C12H19ClN4. The van der Waals surface area contributed by atoms with Gasteiger partial charge in [0.15, 0.2) is 0 Å². The molecule has 2 rings (SSSR count). The van der Waals surface area contributed by atoms with Crippen molar-refractivity contribution in [2.45, 2.75) is 39.2 Å². The summed E-state index contributed by atoms with van der Waals surface area (Å²) < 4.78 is 0. The molecule has 1 aromatic rings. The van der Waals surface area contributed by atoms with Gasteiger partial charge in [-0.15, -0.1) is 0 Å². The van der Waals surface area contributed by atoms with Crippen molar-refractivity contribution in [3.8, 4) is 0 Å². The molecule has 2 heterocycles. The highest BCUT2D eigenvalue weighted by atomic mass is 35.5. The fourth-order valence-corrected chi connectivity index (χ4v) is 2.48. The van der Waals surface area contributed by atoms with Crippen LogP contribution in [-0.4, -0.2) is 29.1 Å². The molecule has 0 aliphatic carbocycles. The van der Waals surface area contributed by atoms with Crippen molar-refractivity contribution in [3.05, 3.63) is 16.5 Å². The Morgan fingerprint density at radius 1 is 1.35 bits per heavy atom. The predicted molar refractivity (Wildman–Crippen MR) is 70.7 cm³/mol. The third kappa shape index (κ3) is 3.07. The summed E-state index contributed by atoms with van der Waals surface area (Å²) in [4.78, 5) is 8.52. The van der Waals surface area contributed by atoms with Crippen LogP contribution in [0.2, 0.25) is 5.28 Å². The minimum absolute atomic E-state index is 0.330. The number of hydrogen-bond acceptors (Lipinski definition) is 4. The van der Waals surface area contributed by atoms with Gasteiger partial charge in [-0.05, 0) is 50.9 Å². The fourth-order valence-electron chi connectivity index (χ4n) is 2.26. The van der Waals surface area contributed by atoms with Crippen LogP contribution in [0.4, 0.5) is 5.82 Å². The monoisotopic (exact) mass is 254 g/mol. The Morgan fingerprint density at radius 3 is 2.71 bits per heavy atom. The molecule has 1 aromatic heterocycles. The number of rotatable bonds is 3. The van der Waals surface area contributed by atoms with Crippen LogP contribution < -0.4 is 10.6 Å². The maximum Gasteiger partial charge on any atom is 0.224 e.